The van der Waals surface area contributed by atoms with Gasteiger partial charge in [0, 0.05) is 0 Å². The van der Waals surface area contributed by atoms with Gasteiger partial charge >= 0.3 is 0 Å². The lowest BCUT2D eigenvalue weighted by atomic mass is 9.92. The molecule has 0 bridgehead atoms. The van der Waals surface area contributed by atoms with Gasteiger partial charge in [0.1, 0.15) is 6.07 Å². The third kappa shape index (κ3) is 3.42. The van der Waals surface area contributed by atoms with Crippen molar-refractivity contribution >= 4 is 8.32 Å². The molecule has 17 heavy (non-hydrogen) atoms. The van der Waals surface area contributed by atoms with Crippen molar-refractivity contribution in [3.63, 3.8) is 0 Å². The van der Waals surface area contributed by atoms with E-state index in [0.717, 1.165) is 5.56 Å². The van der Waals surface area contributed by atoms with Crippen molar-refractivity contribution in [2.24, 2.45) is 0 Å². The highest BCUT2D eigenvalue weighted by Gasteiger charge is 2.36. The highest BCUT2D eigenvalue weighted by atomic mass is 28.4. The van der Waals surface area contributed by atoms with Gasteiger partial charge < -0.3 is 4.43 Å². The molecule has 2 nitrogen and oxygen atoms in total. The third-order valence-corrected chi connectivity index (χ3v) is 3.64. The molecule has 1 aromatic rings. The summed E-state index contributed by atoms with van der Waals surface area (Å²) in [7, 11) is -1.75. The number of rotatable bonds is 4. The van der Waals surface area contributed by atoms with Crippen LogP contribution in [0.1, 0.15) is 24.5 Å². The van der Waals surface area contributed by atoms with Crippen LogP contribution in [0.4, 0.5) is 0 Å². The summed E-state index contributed by atoms with van der Waals surface area (Å²) in [5, 5.41) is 9.51. The molecular formula is C14H21NOSi. The van der Waals surface area contributed by atoms with Crippen LogP contribution < -0.4 is 0 Å². The molecule has 0 heterocycles. The second kappa shape index (κ2) is 5.03. The van der Waals surface area contributed by atoms with E-state index in [-0.39, 0.29) is 0 Å². The number of benzene rings is 1. The number of hydrogen-bond donors (Lipinski definition) is 0. The number of nitriles is 1. The van der Waals surface area contributed by atoms with Crippen LogP contribution in [0.3, 0.4) is 0 Å². The first-order chi connectivity index (χ1) is 7.83. The van der Waals surface area contributed by atoms with Crippen LogP contribution in [0.5, 0.6) is 0 Å². The van der Waals surface area contributed by atoms with E-state index in [9.17, 15) is 5.26 Å². The zero-order valence-corrected chi connectivity index (χ0v) is 12.4. The summed E-state index contributed by atoms with van der Waals surface area (Å²) in [6.07, 6.45) is 0.677. The van der Waals surface area contributed by atoms with Gasteiger partial charge in [0.15, 0.2) is 13.9 Å². The van der Waals surface area contributed by atoms with Crippen LogP contribution in [0.15, 0.2) is 24.3 Å². The summed E-state index contributed by atoms with van der Waals surface area (Å²) in [5.74, 6) is 0. The Morgan fingerprint density at radius 2 is 1.76 bits per heavy atom. The average molecular weight is 247 g/mol. The van der Waals surface area contributed by atoms with E-state index < -0.39 is 13.9 Å². The van der Waals surface area contributed by atoms with Crippen LogP contribution >= 0.6 is 0 Å². The van der Waals surface area contributed by atoms with Crippen molar-refractivity contribution in [1.82, 2.24) is 0 Å². The van der Waals surface area contributed by atoms with E-state index >= 15 is 0 Å². The van der Waals surface area contributed by atoms with Gasteiger partial charge in [0.05, 0.1) is 0 Å². The molecule has 0 aromatic heterocycles. The molecule has 1 atom stereocenters. The maximum absolute atomic E-state index is 9.51. The lowest BCUT2D eigenvalue weighted by molar-refractivity contribution is 0.114. The zero-order chi connectivity index (χ0) is 13.1. The van der Waals surface area contributed by atoms with E-state index in [0.29, 0.717) is 6.42 Å². The quantitative estimate of drug-likeness (QED) is 0.754. The molecule has 1 aromatic carbocycles. The maximum Gasteiger partial charge on any atom is 0.186 e. The molecule has 0 N–H and O–H groups in total. The molecule has 0 saturated heterocycles. The Bertz CT molecular complexity index is 413. The Morgan fingerprint density at radius 3 is 2.12 bits per heavy atom. The third-order valence-electron chi connectivity index (χ3n) is 2.68. The highest BCUT2D eigenvalue weighted by molar-refractivity contribution is 6.69. The van der Waals surface area contributed by atoms with E-state index in [2.05, 4.69) is 25.7 Å². The van der Waals surface area contributed by atoms with Gasteiger partial charge in [0.2, 0.25) is 0 Å². The van der Waals surface area contributed by atoms with Crippen molar-refractivity contribution in [1.29, 1.82) is 5.26 Å². The molecule has 0 spiro atoms. The Kier molecular flexibility index (Phi) is 4.13. The molecule has 0 amide bonds. The van der Waals surface area contributed by atoms with Crippen LogP contribution in [0.2, 0.25) is 19.6 Å². The molecule has 0 saturated carbocycles. The first-order valence-electron chi connectivity index (χ1n) is 6.01. The highest BCUT2D eigenvalue weighted by Crippen LogP contribution is 2.32. The van der Waals surface area contributed by atoms with E-state index in [1.807, 2.05) is 38.1 Å². The summed E-state index contributed by atoms with van der Waals surface area (Å²) in [4.78, 5) is 0. The maximum atomic E-state index is 9.51. The molecule has 92 valence electrons. The standard InChI is InChI=1S/C14H21NOSi/c1-6-14(11-15,16-17(3,4)5)13-9-7-12(2)8-10-13/h7-10H,6H2,1-5H3. The molecule has 1 unspecified atom stereocenters. The van der Waals surface area contributed by atoms with Crippen LogP contribution in [0, 0.1) is 18.3 Å². The SMILES string of the molecule is CCC(C#N)(O[Si](C)(C)C)c1ccc(C)cc1. The van der Waals surface area contributed by atoms with Gasteiger partial charge in [-0.15, -0.1) is 0 Å². The first-order valence-corrected chi connectivity index (χ1v) is 9.42. The van der Waals surface area contributed by atoms with Crippen LogP contribution in [0.25, 0.3) is 0 Å². The van der Waals surface area contributed by atoms with Crippen molar-refractivity contribution < 1.29 is 4.43 Å². The second-order valence-corrected chi connectivity index (χ2v) is 9.80. The molecule has 0 radical (unpaired) electrons. The van der Waals surface area contributed by atoms with Crippen molar-refractivity contribution in [3.05, 3.63) is 35.4 Å². The van der Waals surface area contributed by atoms with Crippen LogP contribution in [-0.4, -0.2) is 8.32 Å². The summed E-state index contributed by atoms with van der Waals surface area (Å²) < 4.78 is 6.13. The molecule has 0 aliphatic heterocycles. The summed E-state index contributed by atoms with van der Waals surface area (Å²) in [6.45, 7) is 10.4. The van der Waals surface area contributed by atoms with Gasteiger partial charge in [-0.2, -0.15) is 5.26 Å². The summed E-state index contributed by atoms with van der Waals surface area (Å²) >= 11 is 0. The van der Waals surface area contributed by atoms with Crippen molar-refractivity contribution in [3.8, 4) is 6.07 Å². The molecular weight excluding hydrogens is 226 g/mol. The molecule has 0 aliphatic carbocycles. The minimum atomic E-state index is -1.75. The molecule has 3 heteroatoms. The Labute approximate surface area is 105 Å². The number of nitrogens with zero attached hydrogens (tertiary/aromatic N) is 1. The Balaban J connectivity index is 3.17. The zero-order valence-electron chi connectivity index (χ0n) is 11.4. The predicted octanol–water partition coefficient (Wildman–Crippen LogP) is 3.98. The van der Waals surface area contributed by atoms with Crippen molar-refractivity contribution in [2.75, 3.05) is 0 Å². The smallest absolute Gasteiger partial charge is 0.186 e. The van der Waals surface area contributed by atoms with E-state index in [1.165, 1.54) is 5.56 Å². The van der Waals surface area contributed by atoms with Crippen LogP contribution in [-0.2, 0) is 10.0 Å². The van der Waals surface area contributed by atoms with Gasteiger partial charge in [-0.3, -0.25) is 0 Å². The topological polar surface area (TPSA) is 33.0 Å². The van der Waals surface area contributed by atoms with Crippen molar-refractivity contribution in [2.45, 2.75) is 45.5 Å². The van der Waals surface area contributed by atoms with Gasteiger partial charge in [-0.05, 0) is 38.5 Å². The van der Waals surface area contributed by atoms with Gasteiger partial charge in [-0.1, -0.05) is 36.8 Å². The number of hydrogen-bond acceptors (Lipinski definition) is 2. The lowest BCUT2D eigenvalue weighted by Gasteiger charge is -2.33. The van der Waals surface area contributed by atoms with Gasteiger partial charge in [-0.25, -0.2) is 0 Å². The molecule has 1 rings (SSSR count). The Morgan fingerprint density at radius 1 is 1.24 bits per heavy atom. The minimum Gasteiger partial charge on any atom is -0.396 e. The van der Waals surface area contributed by atoms with Gasteiger partial charge in [0.25, 0.3) is 0 Å². The lowest BCUT2D eigenvalue weighted by Crippen LogP contribution is -2.39. The molecule has 0 aliphatic rings. The first kappa shape index (κ1) is 13.9. The summed E-state index contributed by atoms with van der Waals surface area (Å²) in [6, 6.07) is 10.4. The summed E-state index contributed by atoms with van der Waals surface area (Å²) in [5.41, 5.74) is 1.39. The largest absolute Gasteiger partial charge is 0.396 e. The van der Waals surface area contributed by atoms with E-state index in [1.54, 1.807) is 0 Å². The minimum absolute atomic E-state index is 0.677. The fourth-order valence-electron chi connectivity index (χ4n) is 1.85. The molecule has 0 fully saturated rings. The predicted molar refractivity (Wildman–Crippen MR) is 73.2 cm³/mol. The number of aryl methyl sites for hydroxylation is 1. The fraction of sp³-hybridized carbons (Fsp3) is 0.500. The van der Waals surface area contributed by atoms with E-state index in [4.69, 9.17) is 4.43 Å². The monoisotopic (exact) mass is 247 g/mol. The average Bonchev–Trinajstić information content (AvgIpc) is 2.26. The Hall–Kier alpha value is -1.11. The fourth-order valence-corrected chi connectivity index (χ4v) is 3.20. The second-order valence-electron chi connectivity index (χ2n) is 5.37. The normalized spacial score (nSPS) is 15.1.